The van der Waals surface area contributed by atoms with Gasteiger partial charge in [0, 0.05) is 59.9 Å². The molecule has 0 N–H and O–H groups in total. The lowest BCUT2D eigenvalue weighted by Gasteiger charge is -2.37. The van der Waals surface area contributed by atoms with Crippen molar-refractivity contribution in [3.63, 3.8) is 0 Å². The third-order valence-electron chi connectivity index (χ3n) is 6.55. The van der Waals surface area contributed by atoms with Crippen LogP contribution < -0.4 is 10.5 Å². The third-order valence-corrected chi connectivity index (χ3v) is 8.06. The van der Waals surface area contributed by atoms with Crippen molar-refractivity contribution in [3.8, 4) is 0 Å². The molecular formula is C26H27ClN4O2S. The molecular weight excluding hydrogens is 468 g/mol. The predicted molar refractivity (Wildman–Crippen MR) is 140 cm³/mol. The average molecular weight is 495 g/mol. The van der Waals surface area contributed by atoms with Crippen molar-refractivity contribution in [2.75, 3.05) is 31.1 Å². The third kappa shape index (κ3) is 4.30. The summed E-state index contributed by atoms with van der Waals surface area (Å²) >= 11 is 7.79. The normalized spacial score (nSPS) is 14.3. The molecule has 0 spiro atoms. The van der Waals surface area contributed by atoms with Gasteiger partial charge in [0.1, 0.15) is 0 Å². The molecule has 1 fully saturated rings. The Kier molecular flexibility index (Phi) is 6.32. The summed E-state index contributed by atoms with van der Waals surface area (Å²) in [6.07, 6.45) is 0.998. The van der Waals surface area contributed by atoms with Crippen LogP contribution in [0.25, 0.3) is 20.2 Å². The number of thiophene rings is 1. The van der Waals surface area contributed by atoms with E-state index in [1.54, 1.807) is 11.3 Å². The summed E-state index contributed by atoms with van der Waals surface area (Å²) in [5.74, 6) is 0.134. The molecule has 0 aliphatic carbocycles. The smallest absolute Gasteiger partial charge is 0.276 e. The van der Waals surface area contributed by atoms with Gasteiger partial charge in [-0.1, -0.05) is 35.9 Å². The molecule has 4 aromatic rings. The van der Waals surface area contributed by atoms with Crippen LogP contribution in [0.1, 0.15) is 24.1 Å². The summed E-state index contributed by atoms with van der Waals surface area (Å²) in [5.41, 5.74) is 3.11. The Morgan fingerprint density at radius 2 is 1.85 bits per heavy atom. The number of carbonyl (C=O) groups excluding carboxylic acids is 1. The Morgan fingerprint density at radius 1 is 1.09 bits per heavy atom. The number of aryl methyl sites for hydroxylation is 3. The summed E-state index contributed by atoms with van der Waals surface area (Å²) in [6, 6.07) is 13.9. The van der Waals surface area contributed by atoms with Gasteiger partial charge in [0.25, 0.3) is 5.56 Å². The molecule has 176 valence electrons. The molecule has 8 heteroatoms. The number of halogens is 1. The van der Waals surface area contributed by atoms with Crippen LogP contribution in [0.5, 0.6) is 0 Å². The van der Waals surface area contributed by atoms with E-state index in [-0.39, 0.29) is 11.5 Å². The molecule has 6 nitrogen and oxygen atoms in total. The number of amides is 1. The first-order valence-corrected chi connectivity index (χ1v) is 12.8. The fourth-order valence-corrected chi connectivity index (χ4v) is 6.02. The highest BCUT2D eigenvalue weighted by molar-refractivity contribution is 7.26. The van der Waals surface area contributed by atoms with E-state index < -0.39 is 0 Å². The molecule has 0 atom stereocenters. The topological polar surface area (TPSA) is 58.4 Å². The van der Waals surface area contributed by atoms with Crippen molar-refractivity contribution in [1.29, 1.82) is 0 Å². The summed E-state index contributed by atoms with van der Waals surface area (Å²) in [6.45, 7) is 7.41. The molecule has 1 aliphatic rings. The van der Waals surface area contributed by atoms with E-state index in [1.807, 2.05) is 54.3 Å². The maximum absolute atomic E-state index is 13.2. The van der Waals surface area contributed by atoms with Gasteiger partial charge in [-0.15, -0.1) is 11.3 Å². The van der Waals surface area contributed by atoms with Gasteiger partial charge in [0.15, 0.2) is 0 Å². The lowest BCUT2D eigenvalue weighted by molar-refractivity contribution is -0.131. The van der Waals surface area contributed by atoms with Crippen molar-refractivity contribution >= 4 is 54.7 Å². The van der Waals surface area contributed by atoms with Crippen molar-refractivity contribution in [2.45, 2.75) is 33.2 Å². The number of rotatable bonds is 5. The zero-order valence-electron chi connectivity index (χ0n) is 19.4. The average Bonchev–Trinajstić information content (AvgIpc) is 3.24. The molecule has 34 heavy (non-hydrogen) atoms. The molecule has 2 aromatic carbocycles. The molecule has 1 saturated heterocycles. The Bertz CT molecular complexity index is 1440. The number of fused-ring (bicyclic) bond motifs is 3. The van der Waals surface area contributed by atoms with Gasteiger partial charge in [0.2, 0.25) is 5.91 Å². The molecule has 0 saturated carbocycles. The highest BCUT2D eigenvalue weighted by Crippen LogP contribution is 2.32. The zero-order chi connectivity index (χ0) is 23.8. The van der Waals surface area contributed by atoms with E-state index in [0.29, 0.717) is 32.5 Å². The Balaban J connectivity index is 1.21. The van der Waals surface area contributed by atoms with Crippen molar-refractivity contribution in [2.24, 2.45) is 0 Å². The van der Waals surface area contributed by atoms with Gasteiger partial charge >= 0.3 is 0 Å². The highest BCUT2D eigenvalue weighted by Gasteiger charge is 2.22. The quantitative estimate of drug-likeness (QED) is 0.391. The molecule has 1 amide bonds. The summed E-state index contributed by atoms with van der Waals surface area (Å²) in [7, 11) is 0. The van der Waals surface area contributed by atoms with Gasteiger partial charge in [-0.25, -0.2) is 4.68 Å². The van der Waals surface area contributed by atoms with Gasteiger partial charge in [-0.05, 0) is 44.0 Å². The van der Waals surface area contributed by atoms with Crippen molar-refractivity contribution in [1.82, 2.24) is 14.7 Å². The van der Waals surface area contributed by atoms with E-state index in [2.05, 4.69) is 16.9 Å². The maximum Gasteiger partial charge on any atom is 0.276 e. The standard InChI is InChI=1S/C26H27ClN4O2S/c1-17-9-10-19(27)16-21(17)29-12-14-30(15-13-29)23(32)8-5-11-31-26(33)24-20-6-3-4-7-22(20)34-25(24)18(2)28-31/h3-4,6-7,9-10,16H,5,8,11-15H2,1-2H3. The number of anilines is 1. The first-order chi connectivity index (χ1) is 16.4. The molecule has 0 unspecified atom stereocenters. The number of hydrogen-bond acceptors (Lipinski definition) is 5. The van der Waals surface area contributed by atoms with Crippen LogP contribution in [0, 0.1) is 13.8 Å². The van der Waals surface area contributed by atoms with Gasteiger partial charge < -0.3 is 9.80 Å². The van der Waals surface area contributed by atoms with E-state index in [0.717, 1.165) is 49.7 Å². The van der Waals surface area contributed by atoms with Crippen LogP contribution in [0.15, 0.2) is 47.3 Å². The number of nitrogens with zero attached hydrogens (tertiary/aromatic N) is 4. The second-order valence-electron chi connectivity index (χ2n) is 8.82. The maximum atomic E-state index is 13.2. The van der Waals surface area contributed by atoms with E-state index in [9.17, 15) is 9.59 Å². The molecule has 0 radical (unpaired) electrons. The molecule has 3 heterocycles. The number of hydrogen-bond donors (Lipinski definition) is 0. The van der Waals surface area contributed by atoms with Crippen molar-refractivity contribution < 1.29 is 4.79 Å². The van der Waals surface area contributed by atoms with Crippen LogP contribution in [0.2, 0.25) is 5.02 Å². The van der Waals surface area contributed by atoms with Crippen LogP contribution in [-0.2, 0) is 11.3 Å². The largest absolute Gasteiger partial charge is 0.368 e. The van der Waals surface area contributed by atoms with Gasteiger partial charge in [0.05, 0.1) is 15.8 Å². The lowest BCUT2D eigenvalue weighted by Crippen LogP contribution is -2.49. The summed E-state index contributed by atoms with van der Waals surface area (Å²) in [4.78, 5) is 30.2. The second-order valence-corrected chi connectivity index (χ2v) is 10.3. The van der Waals surface area contributed by atoms with E-state index in [1.165, 1.54) is 10.2 Å². The monoisotopic (exact) mass is 494 g/mol. The predicted octanol–water partition coefficient (Wildman–Crippen LogP) is 5.01. The van der Waals surface area contributed by atoms with Crippen molar-refractivity contribution in [3.05, 3.63) is 69.1 Å². The lowest BCUT2D eigenvalue weighted by atomic mass is 10.1. The Morgan fingerprint density at radius 3 is 2.65 bits per heavy atom. The summed E-state index contributed by atoms with van der Waals surface area (Å²) in [5, 5.41) is 6.99. The van der Waals surface area contributed by atoms with E-state index >= 15 is 0 Å². The minimum atomic E-state index is -0.0731. The molecule has 1 aliphatic heterocycles. The molecule has 0 bridgehead atoms. The fraction of sp³-hybridized carbons (Fsp3) is 0.346. The first-order valence-electron chi connectivity index (χ1n) is 11.6. The molecule has 2 aromatic heterocycles. The van der Waals surface area contributed by atoms with Crippen LogP contribution in [0.3, 0.4) is 0 Å². The first kappa shape index (κ1) is 22.9. The Labute approximate surface area is 207 Å². The minimum Gasteiger partial charge on any atom is -0.368 e. The van der Waals surface area contributed by atoms with Crippen LogP contribution in [-0.4, -0.2) is 46.8 Å². The number of benzene rings is 2. The minimum absolute atomic E-state index is 0.0731. The Hall–Kier alpha value is -2.90. The fourth-order valence-electron chi connectivity index (χ4n) is 4.72. The second kappa shape index (κ2) is 9.39. The van der Waals surface area contributed by atoms with Crippen LogP contribution in [0.4, 0.5) is 5.69 Å². The number of aromatic nitrogens is 2. The van der Waals surface area contributed by atoms with Gasteiger partial charge in [-0.2, -0.15) is 5.10 Å². The SMILES string of the molecule is Cc1ccc(Cl)cc1N1CCN(C(=O)CCCn2nc(C)c3sc4ccccc4c3c2=O)CC1. The van der Waals surface area contributed by atoms with Crippen LogP contribution >= 0.6 is 22.9 Å². The highest BCUT2D eigenvalue weighted by atomic mass is 35.5. The number of piperazine rings is 1. The van der Waals surface area contributed by atoms with Gasteiger partial charge in [-0.3, -0.25) is 9.59 Å². The zero-order valence-corrected chi connectivity index (χ0v) is 21.0. The number of carbonyl (C=O) groups is 1. The molecule has 5 rings (SSSR count). The van der Waals surface area contributed by atoms with E-state index in [4.69, 9.17) is 11.6 Å². The summed E-state index contributed by atoms with van der Waals surface area (Å²) < 4.78 is 3.58.